The first-order valence-corrected chi connectivity index (χ1v) is 7.02. The second-order valence-corrected chi connectivity index (χ2v) is 5.40. The molecule has 1 aliphatic rings. The highest BCUT2D eigenvalue weighted by Crippen LogP contribution is 2.42. The molecule has 0 spiro atoms. The molecule has 3 nitrogen and oxygen atoms in total. The van der Waals surface area contributed by atoms with E-state index in [1.165, 1.54) is 5.56 Å². The fraction of sp³-hybridized carbons (Fsp3) is 0.562. The van der Waals surface area contributed by atoms with E-state index in [-0.39, 0.29) is 5.92 Å². The fourth-order valence-electron chi connectivity index (χ4n) is 3.23. The smallest absolute Gasteiger partial charge is 0.306 e. The van der Waals surface area contributed by atoms with Gasteiger partial charge < -0.3 is 9.84 Å². The minimum absolute atomic E-state index is 0.153. The Kier molecular flexibility index (Phi) is 4.46. The maximum Gasteiger partial charge on any atom is 0.306 e. The first kappa shape index (κ1) is 13.9. The largest absolute Gasteiger partial charge is 0.497 e. The first-order valence-electron chi connectivity index (χ1n) is 7.02. The molecule has 19 heavy (non-hydrogen) atoms. The average Bonchev–Trinajstić information content (AvgIpc) is 2.46. The standard InChI is InChI=1S/C16H22O3/c1-3-11-10-13(16(17)18)6-9-15(11)12-4-7-14(19-2)8-5-12/h4-5,7-8,11,13,15H,3,6,9-10H2,1-2H3,(H,17,18)/t11-,13+,15+/m1/s1. The molecule has 0 radical (unpaired) electrons. The number of ether oxygens (including phenoxy) is 1. The number of benzene rings is 1. The van der Waals surface area contributed by atoms with E-state index in [2.05, 4.69) is 19.1 Å². The van der Waals surface area contributed by atoms with Crippen LogP contribution >= 0.6 is 0 Å². The molecule has 1 aromatic carbocycles. The number of aliphatic carboxylic acids is 1. The minimum Gasteiger partial charge on any atom is -0.497 e. The van der Waals surface area contributed by atoms with Crippen molar-refractivity contribution in [3.8, 4) is 5.75 Å². The van der Waals surface area contributed by atoms with Gasteiger partial charge in [0.2, 0.25) is 0 Å². The molecule has 104 valence electrons. The summed E-state index contributed by atoms with van der Waals surface area (Å²) in [6.07, 6.45) is 3.62. The summed E-state index contributed by atoms with van der Waals surface area (Å²) in [6, 6.07) is 8.22. The molecule has 3 atom stereocenters. The molecule has 1 N–H and O–H groups in total. The Morgan fingerprint density at radius 3 is 2.53 bits per heavy atom. The second-order valence-electron chi connectivity index (χ2n) is 5.40. The van der Waals surface area contributed by atoms with Crippen LogP contribution in [0.15, 0.2) is 24.3 Å². The second kappa shape index (κ2) is 6.09. The van der Waals surface area contributed by atoms with Crippen LogP contribution in [0.1, 0.15) is 44.1 Å². The highest BCUT2D eigenvalue weighted by Gasteiger charge is 2.33. The Labute approximate surface area is 114 Å². The van der Waals surface area contributed by atoms with Crippen LogP contribution in [0, 0.1) is 11.8 Å². The summed E-state index contributed by atoms with van der Waals surface area (Å²) in [7, 11) is 1.67. The van der Waals surface area contributed by atoms with Gasteiger partial charge in [-0.3, -0.25) is 4.79 Å². The number of hydrogen-bond donors (Lipinski definition) is 1. The van der Waals surface area contributed by atoms with Gasteiger partial charge in [0.1, 0.15) is 5.75 Å². The Hall–Kier alpha value is -1.51. The van der Waals surface area contributed by atoms with Gasteiger partial charge >= 0.3 is 5.97 Å². The quantitative estimate of drug-likeness (QED) is 0.900. The third kappa shape index (κ3) is 3.09. The molecule has 1 aromatic rings. The summed E-state index contributed by atoms with van der Waals surface area (Å²) in [5, 5.41) is 9.16. The number of hydrogen-bond acceptors (Lipinski definition) is 2. The SMILES string of the molecule is CC[C@@H]1C[C@@H](C(=O)O)CC[C@@H]1c1ccc(OC)cc1. The summed E-state index contributed by atoms with van der Waals surface area (Å²) in [5.41, 5.74) is 1.32. The van der Waals surface area contributed by atoms with Crippen LogP contribution in [0.25, 0.3) is 0 Å². The predicted octanol–water partition coefficient (Wildman–Crippen LogP) is 3.69. The van der Waals surface area contributed by atoms with E-state index in [1.54, 1.807) is 7.11 Å². The van der Waals surface area contributed by atoms with Crippen LogP contribution in [0.4, 0.5) is 0 Å². The molecule has 3 heteroatoms. The van der Waals surface area contributed by atoms with Crippen LogP contribution in [-0.2, 0) is 4.79 Å². The Bertz CT molecular complexity index is 424. The van der Waals surface area contributed by atoms with Gasteiger partial charge in [-0.2, -0.15) is 0 Å². The van der Waals surface area contributed by atoms with Gasteiger partial charge in [-0.1, -0.05) is 25.5 Å². The lowest BCUT2D eigenvalue weighted by atomic mass is 9.70. The third-order valence-electron chi connectivity index (χ3n) is 4.40. The molecular weight excluding hydrogens is 240 g/mol. The molecular formula is C16H22O3. The van der Waals surface area contributed by atoms with Gasteiger partial charge in [0, 0.05) is 0 Å². The van der Waals surface area contributed by atoms with Gasteiger partial charge in [0.05, 0.1) is 13.0 Å². The van der Waals surface area contributed by atoms with Crippen molar-refractivity contribution in [2.45, 2.75) is 38.5 Å². The first-order chi connectivity index (χ1) is 9.15. The zero-order valence-electron chi connectivity index (χ0n) is 11.6. The van der Waals surface area contributed by atoms with Crippen molar-refractivity contribution in [1.29, 1.82) is 0 Å². The van der Waals surface area contributed by atoms with Gasteiger partial charge in [0.15, 0.2) is 0 Å². The summed E-state index contributed by atoms with van der Waals surface area (Å²) < 4.78 is 5.18. The highest BCUT2D eigenvalue weighted by atomic mass is 16.5. The molecule has 0 amide bonds. The Morgan fingerprint density at radius 1 is 1.32 bits per heavy atom. The van der Waals surface area contributed by atoms with Crippen molar-refractivity contribution in [1.82, 2.24) is 0 Å². The van der Waals surface area contributed by atoms with Crippen molar-refractivity contribution >= 4 is 5.97 Å². The van der Waals surface area contributed by atoms with Crippen LogP contribution in [0.2, 0.25) is 0 Å². The van der Waals surface area contributed by atoms with E-state index in [0.29, 0.717) is 11.8 Å². The number of carboxylic acids is 1. The van der Waals surface area contributed by atoms with Crippen LogP contribution in [0.5, 0.6) is 5.75 Å². The van der Waals surface area contributed by atoms with Crippen molar-refractivity contribution in [2.24, 2.45) is 11.8 Å². The molecule has 0 bridgehead atoms. The minimum atomic E-state index is -0.633. The highest BCUT2D eigenvalue weighted by molar-refractivity contribution is 5.70. The summed E-state index contributed by atoms with van der Waals surface area (Å²) >= 11 is 0. The average molecular weight is 262 g/mol. The maximum absolute atomic E-state index is 11.1. The molecule has 0 saturated heterocycles. The lowest BCUT2D eigenvalue weighted by Crippen LogP contribution is -2.27. The molecule has 2 rings (SSSR count). The fourth-order valence-corrected chi connectivity index (χ4v) is 3.23. The van der Waals surface area contributed by atoms with Gasteiger partial charge in [-0.15, -0.1) is 0 Å². The van der Waals surface area contributed by atoms with Gasteiger partial charge in [-0.25, -0.2) is 0 Å². The summed E-state index contributed by atoms with van der Waals surface area (Å²) in [5.74, 6) is 1.05. The molecule has 1 aliphatic carbocycles. The molecule has 0 aromatic heterocycles. The molecule has 0 aliphatic heterocycles. The summed E-state index contributed by atoms with van der Waals surface area (Å²) in [4.78, 5) is 11.1. The zero-order chi connectivity index (χ0) is 13.8. The lowest BCUT2D eigenvalue weighted by molar-refractivity contribution is -0.143. The Morgan fingerprint density at radius 2 is 2.00 bits per heavy atom. The number of rotatable bonds is 4. The van der Waals surface area contributed by atoms with Gasteiger partial charge in [-0.05, 0) is 48.8 Å². The van der Waals surface area contributed by atoms with E-state index in [0.717, 1.165) is 31.4 Å². The van der Waals surface area contributed by atoms with Crippen molar-refractivity contribution < 1.29 is 14.6 Å². The van der Waals surface area contributed by atoms with E-state index < -0.39 is 5.97 Å². The normalized spacial score (nSPS) is 26.9. The van der Waals surface area contributed by atoms with E-state index in [4.69, 9.17) is 9.84 Å². The van der Waals surface area contributed by atoms with Crippen LogP contribution < -0.4 is 4.74 Å². The molecule has 0 unspecified atom stereocenters. The Balaban J connectivity index is 2.12. The monoisotopic (exact) mass is 262 g/mol. The number of carboxylic acid groups (broad SMARTS) is 1. The van der Waals surface area contributed by atoms with Crippen LogP contribution in [-0.4, -0.2) is 18.2 Å². The van der Waals surface area contributed by atoms with E-state index in [9.17, 15) is 4.79 Å². The van der Waals surface area contributed by atoms with Crippen molar-refractivity contribution in [3.63, 3.8) is 0 Å². The summed E-state index contributed by atoms with van der Waals surface area (Å²) in [6.45, 7) is 2.16. The van der Waals surface area contributed by atoms with E-state index in [1.807, 2.05) is 12.1 Å². The number of methoxy groups -OCH3 is 1. The van der Waals surface area contributed by atoms with Gasteiger partial charge in [0.25, 0.3) is 0 Å². The topological polar surface area (TPSA) is 46.5 Å². The van der Waals surface area contributed by atoms with Crippen LogP contribution in [0.3, 0.4) is 0 Å². The molecule has 1 fully saturated rings. The zero-order valence-corrected chi connectivity index (χ0v) is 11.6. The maximum atomic E-state index is 11.1. The number of carbonyl (C=O) groups is 1. The third-order valence-corrected chi connectivity index (χ3v) is 4.40. The predicted molar refractivity (Wildman–Crippen MR) is 74.5 cm³/mol. The van der Waals surface area contributed by atoms with Crippen molar-refractivity contribution in [2.75, 3.05) is 7.11 Å². The van der Waals surface area contributed by atoms with E-state index >= 15 is 0 Å². The van der Waals surface area contributed by atoms with Crippen molar-refractivity contribution in [3.05, 3.63) is 29.8 Å². The lowest BCUT2D eigenvalue weighted by Gasteiger charge is -2.34. The molecule has 0 heterocycles. The molecule has 1 saturated carbocycles.